The zero-order chi connectivity index (χ0) is 13.8. The monoisotopic (exact) mass is 274 g/mol. The van der Waals surface area contributed by atoms with Crippen molar-refractivity contribution in [3.05, 3.63) is 64.2 Å². The summed E-state index contributed by atoms with van der Waals surface area (Å²) < 4.78 is 5.74. The summed E-state index contributed by atoms with van der Waals surface area (Å²) >= 11 is 6.17. The highest BCUT2D eigenvalue weighted by atomic mass is 35.5. The molecule has 0 saturated carbocycles. The second kappa shape index (κ2) is 5.89. The Balaban J connectivity index is 2.18. The molecule has 0 aliphatic rings. The number of carbonyl (C=O) groups is 1. The van der Waals surface area contributed by atoms with Crippen LogP contribution < -0.4 is 4.74 Å². The van der Waals surface area contributed by atoms with Crippen molar-refractivity contribution in [1.82, 2.24) is 0 Å². The summed E-state index contributed by atoms with van der Waals surface area (Å²) in [7, 11) is 0. The molecule has 0 aliphatic carbocycles. The van der Waals surface area contributed by atoms with Crippen molar-refractivity contribution < 1.29 is 9.53 Å². The largest absolute Gasteiger partial charge is 0.489 e. The van der Waals surface area contributed by atoms with Crippen LogP contribution in [0.3, 0.4) is 0 Å². The van der Waals surface area contributed by atoms with E-state index in [-0.39, 0.29) is 5.78 Å². The van der Waals surface area contributed by atoms with E-state index in [9.17, 15) is 4.79 Å². The second-order valence-corrected chi connectivity index (χ2v) is 4.76. The first kappa shape index (κ1) is 13.6. The molecule has 0 atom stereocenters. The summed E-state index contributed by atoms with van der Waals surface area (Å²) in [5.41, 5.74) is 2.42. The van der Waals surface area contributed by atoms with Gasteiger partial charge in [0.25, 0.3) is 0 Å². The topological polar surface area (TPSA) is 26.3 Å². The molecule has 0 heterocycles. The minimum Gasteiger partial charge on any atom is -0.489 e. The first-order valence-electron chi connectivity index (χ1n) is 6.06. The van der Waals surface area contributed by atoms with Gasteiger partial charge in [-0.3, -0.25) is 4.79 Å². The van der Waals surface area contributed by atoms with Crippen LogP contribution in [0, 0.1) is 6.92 Å². The van der Waals surface area contributed by atoms with Gasteiger partial charge in [-0.15, -0.1) is 0 Å². The van der Waals surface area contributed by atoms with E-state index < -0.39 is 0 Å². The molecule has 2 rings (SSSR count). The number of benzene rings is 2. The van der Waals surface area contributed by atoms with Crippen LogP contribution in [0.25, 0.3) is 0 Å². The van der Waals surface area contributed by atoms with Crippen LogP contribution in [0.5, 0.6) is 5.75 Å². The molecule has 0 aromatic heterocycles. The summed E-state index contributed by atoms with van der Waals surface area (Å²) in [5.74, 6) is 0.668. The van der Waals surface area contributed by atoms with Gasteiger partial charge in [-0.05, 0) is 31.5 Å². The van der Waals surface area contributed by atoms with Crippen molar-refractivity contribution in [2.75, 3.05) is 0 Å². The standard InChI is InChI=1S/C16H15ClO2/c1-11-15(9-8-14(12(2)18)16(11)17)19-10-13-6-4-3-5-7-13/h3-9H,10H2,1-2H3. The molecule has 0 radical (unpaired) electrons. The highest BCUT2D eigenvalue weighted by molar-refractivity contribution is 6.34. The summed E-state index contributed by atoms with van der Waals surface area (Å²) in [5, 5.41) is 0.470. The number of rotatable bonds is 4. The lowest BCUT2D eigenvalue weighted by atomic mass is 10.1. The van der Waals surface area contributed by atoms with E-state index in [4.69, 9.17) is 16.3 Å². The number of halogens is 1. The maximum absolute atomic E-state index is 11.4. The van der Waals surface area contributed by atoms with Crippen molar-refractivity contribution in [3.63, 3.8) is 0 Å². The third-order valence-corrected chi connectivity index (χ3v) is 3.44. The maximum Gasteiger partial charge on any atom is 0.161 e. The highest BCUT2D eigenvalue weighted by Gasteiger charge is 2.12. The van der Waals surface area contributed by atoms with Gasteiger partial charge in [0.1, 0.15) is 12.4 Å². The van der Waals surface area contributed by atoms with Crippen LogP contribution in [-0.2, 0) is 6.61 Å². The predicted molar refractivity (Wildman–Crippen MR) is 77.0 cm³/mol. The molecule has 3 heteroatoms. The van der Waals surface area contributed by atoms with E-state index >= 15 is 0 Å². The Hall–Kier alpha value is -1.80. The molecule has 0 bridgehead atoms. The van der Waals surface area contributed by atoms with E-state index in [1.807, 2.05) is 37.3 Å². The lowest BCUT2D eigenvalue weighted by Crippen LogP contribution is -2.00. The van der Waals surface area contributed by atoms with Gasteiger partial charge in [0.05, 0.1) is 5.02 Å². The first-order valence-corrected chi connectivity index (χ1v) is 6.44. The molecule has 0 amide bonds. The number of Topliss-reactive ketones (excluding diaryl/α,β-unsaturated/α-hetero) is 1. The Morgan fingerprint density at radius 1 is 1.16 bits per heavy atom. The second-order valence-electron chi connectivity index (χ2n) is 4.38. The van der Waals surface area contributed by atoms with Gasteiger partial charge in [-0.1, -0.05) is 41.9 Å². The summed E-state index contributed by atoms with van der Waals surface area (Å²) in [6.45, 7) is 3.84. The van der Waals surface area contributed by atoms with Crippen LogP contribution >= 0.6 is 11.6 Å². The quantitative estimate of drug-likeness (QED) is 0.771. The summed E-state index contributed by atoms with van der Waals surface area (Å²) in [6, 6.07) is 13.4. The van der Waals surface area contributed by atoms with Gasteiger partial charge in [0, 0.05) is 11.1 Å². The number of hydrogen-bond donors (Lipinski definition) is 0. The lowest BCUT2D eigenvalue weighted by Gasteiger charge is -2.12. The molecule has 2 nitrogen and oxygen atoms in total. The van der Waals surface area contributed by atoms with Crippen molar-refractivity contribution in [3.8, 4) is 5.75 Å². The van der Waals surface area contributed by atoms with Crippen LogP contribution in [0.1, 0.15) is 28.4 Å². The van der Waals surface area contributed by atoms with Crippen LogP contribution in [0.15, 0.2) is 42.5 Å². The van der Waals surface area contributed by atoms with Gasteiger partial charge in [-0.25, -0.2) is 0 Å². The minimum atomic E-state index is -0.0392. The Labute approximate surface area is 118 Å². The minimum absolute atomic E-state index is 0.0392. The average Bonchev–Trinajstić information content (AvgIpc) is 2.41. The lowest BCUT2D eigenvalue weighted by molar-refractivity contribution is 0.101. The zero-order valence-electron chi connectivity index (χ0n) is 10.9. The van der Waals surface area contributed by atoms with E-state index in [0.717, 1.165) is 11.1 Å². The van der Waals surface area contributed by atoms with E-state index in [0.29, 0.717) is 22.9 Å². The predicted octanol–water partition coefficient (Wildman–Crippen LogP) is 4.43. The summed E-state index contributed by atoms with van der Waals surface area (Å²) in [6.07, 6.45) is 0. The molecule has 19 heavy (non-hydrogen) atoms. The molecular formula is C16H15ClO2. The van der Waals surface area contributed by atoms with Gasteiger partial charge < -0.3 is 4.74 Å². The molecule has 98 valence electrons. The van der Waals surface area contributed by atoms with Crippen molar-refractivity contribution in [2.45, 2.75) is 20.5 Å². The highest BCUT2D eigenvalue weighted by Crippen LogP contribution is 2.29. The van der Waals surface area contributed by atoms with Crippen LogP contribution in [0.4, 0.5) is 0 Å². The van der Waals surface area contributed by atoms with Crippen molar-refractivity contribution in [2.24, 2.45) is 0 Å². The van der Waals surface area contributed by atoms with Gasteiger partial charge in [0.15, 0.2) is 5.78 Å². The number of ether oxygens (including phenoxy) is 1. The Bertz CT molecular complexity index is 591. The third-order valence-electron chi connectivity index (χ3n) is 2.95. The van der Waals surface area contributed by atoms with Gasteiger partial charge in [-0.2, -0.15) is 0 Å². The van der Waals surface area contributed by atoms with Crippen molar-refractivity contribution >= 4 is 17.4 Å². The average molecular weight is 275 g/mol. The van der Waals surface area contributed by atoms with E-state index in [2.05, 4.69) is 0 Å². The van der Waals surface area contributed by atoms with Crippen LogP contribution in [0.2, 0.25) is 5.02 Å². The number of hydrogen-bond acceptors (Lipinski definition) is 2. The van der Waals surface area contributed by atoms with Gasteiger partial charge in [0.2, 0.25) is 0 Å². The molecule has 0 spiro atoms. The fourth-order valence-corrected chi connectivity index (χ4v) is 2.12. The number of ketones is 1. The fourth-order valence-electron chi connectivity index (χ4n) is 1.83. The third kappa shape index (κ3) is 3.15. The Morgan fingerprint density at radius 3 is 2.47 bits per heavy atom. The normalized spacial score (nSPS) is 10.3. The van der Waals surface area contributed by atoms with Crippen LogP contribution in [-0.4, -0.2) is 5.78 Å². The summed E-state index contributed by atoms with van der Waals surface area (Å²) in [4.78, 5) is 11.4. The molecule has 0 unspecified atom stereocenters. The molecule has 2 aromatic rings. The van der Waals surface area contributed by atoms with E-state index in [1.165, 1.54) is 6.92 Å². The molecule has 0 aliphatic heterocycles. The Morgan fingerprint density at radius 2 is 1.84 bits per heavy atom. The Kier molecular flexibility index (Phi) is 4.23. The van der Waals surface area contributed by atoms with Crippen molar-refractivity contribution in [1.29, 1.82) is 0 Å². The smallest absolute Gasteiger partial charge is 0.161 e. The molecule has 0 saturated heterocycles. The molecule has 2 aromatic carbocycles. The van der Waals surface area contributed by atoms with E-state index in [1.54, 1.807) is 12.1 Å². The van der Waals surface area contributed by atoms with Gasteiger partial charge >= 0.3 is 0 Å². The first-order chi connectivity index (χ1) is 9.09. The molecule has 0 fully saturated rings. The SMILES string of the molecule is CC(=O)c1ccc(OCc2ccccc2)c(C)c1Cl. The fraction of sp³-hybridized carbons (Fsp3) is 0.188. The zero-order valence-corrected chi connectivity index (χ0v) is 11.7. The molecule has 0 N–H and O–H groups in total. The maximum atomic E-state index is 11.4. The number of carbonyl (C=O) groups excluding carboxylic acids is 1. The molecular weight excluding hydrogens is 260 g/mol.